The van der Waals surface area contributed by atoms with Crippen molar-refractivity contribution in [3.05, 3.63) is 60.2 Å². The molecule has 0 aromatic heterocycles. The predicted molar refractivity (Wildman–Crippen MR) is 78.5 cm³/mol. The summed E-state index contributed by atoms with van der Waals surface area (Å²) in [6, 6.07) is 17.6. The van der Waals surface area contributed by atoms with E-state index in [1.807, 2.05) is 54.6 Å². The Labute approximate surface area is 113 Å². The molecule has 0 atom stereocenters. The fourth-order valence-corrected chi connectivity index (χ4v) is 2.10. The molecule has 0 radical (unpaired) electrons. The van der Waals surface area contributed by atoms with Crippen molar-refractivity contribution in [2.24, 2.45) is 5.73 Å². The molecule has 0 fully saturated rings. The summed E-state index contributed by atoms with van der Waals surface area (Å²) in [5.74, 6) is 0. The van der Waals surface area contributed by atoms with Gasteiger partial charge in [0, 0.05) is 5.69 Å². The van der Waals surface area contributed by atoms with Gasteiger partial charge in [0.05, 0.1) is 5.69 Å². The third-order valence-corrected chi connectivity index (χ3v) is 3.04. The maximum Gasteiger partial charge on any atom is 0.218 e. The predicted octanol–water partition coefficient (Wildman–Crippen LogP) is 2.87. The zero-order valence-corrected chi connectivity index (χ0v) is 10.8. The number of para-hydroxylation sites is 2. The molecule has 2 N–H and O–H groups in total. The summed E-state index contributed by atoms with van der Waals surface area (Å²) in [5, 5.41) is 0. The summed E-state index contributed by atoms with van der Waals surface area (Å²) in [6.45, 7) is 0.654. The molecule has 2 aromatic carbocycles. The van der Waals surface area contributed by atoms with Crippen molar-refractivity contribution in [2.45, 2.75) is 12.8 Å². The van der Waals surface area contributed by atoms with Crippen LogP contribution in [0.4, 0.5) is 11.4 Å². The number of hydrogen-bond acceptors (Lipinski definition) is 2. The number of carbonyl (C=O) groups is 1. The molecule has 2 aromatic rings. The minimum Gasteiger partial charge on any atom is -0.330 e. The first-order valence-corrected chi connectivity index (χ1v) is 6.44. The Morgan fingerprint density at radius 3 is 2.37 bits per heavy atom. The van der Waals surface area contributed by atoms with Crippen LogP contribution < -0.4 is 10.6 Å². The first-order valence-electron chi connectivity index (χ1n) is 6.44. The van der Waals surface area contributed by atoms with Crippen molar-refractivity contribution in [2.75, 3.05) is 11.4 Å². The molecule has 98 valence electrons. The molecule has 3 heteroatoms. The minimum absolute atomic E-state index is 0.654. The summed E-state index contributed by atoms with van der Waals surface area (Å²) in [6.07, 6.45) is 2.65. The maximum absolute atomic E-state index is 11.4. The lowest BCUT2D eigenvalue weighted by Gasteiger charge is -2.20. The number of nitrogens with zero attached hydrogens (tertiary/aromatic N) is 1. The van der Waals surface area contributed by atoms with Gasteiger partial charge < -0.3 is 5.73 Å². The van der Waals surface area contributed by atoms with Crippen LogP contribution in [0.3, 0.4) is 0 Å². The molecule has 3 nitrogen and oxygen atoms in total. The number of rotatable bonds is 6. The van der Waals surface area contributed by atoms with Gasteiger partial charge in [-0.25, -0.2) is 0 Å². The van der Waals surface area contributed by atoms with Gasteiger partial charge in [0.2, 0.25) is 6.41 Å². The third kappa shape index (κ3) is 3.20. The van der Waals surface area contributed by atoms with Crippen molar-refractivity contribution >= 4 is 17.8 Å². The van der Waals surface area contributed by atoms with Crippen LogP contribution in [0.2, 0.25) is 0 Å². The molecule has 0 saturated carbocycles. The average Bonchev–Trinajstić information content (AvgIpc) is 2.48. The molecule has 0 unspecified atom stereocenters. The standard InChI is InChI=1S/C16H18N2O/c17-12-6-8-14-7-4-5-11-16(14)18(13-19)15-9-2-1-3-10-15/h1-5,7,9-11,13H,6,8,12,17H2. The van der Waals surface area contributed by atoms with Gasteiger partial charge in [-0.1, -0.05) is 36.4 Å². The van der Waals surface area contributed by atoms with E-state index in [2.05, 4.69) is 0 Å². The lowest BCUT2D eigenvalue weighted by atomic mass is 10.1. The van der Waals surface area contributed by atoms with Gasteiger partial charge in [-0.3, -0.25) is 9.69 Å². The van der Waals surface area contributed by atoms with Crippen LogP contribution in [-0.4, -0.2) is 13.0 Å². The topological polar surface area (TPSA) is 46.3 Å². The van der Waals surface area contributed by atoms with Gasteiger partial charge in [0.25, 0.3) is 0 Å². The molecule has 0 spiro atoms. The van der Waals surface area contributed by atoms with Crippen LogP contribution in [-0.2, 0) is 11.2 Å². The Kier molecular flexibility index (Phi) is 4.70. The van der Waals surface area contributed by atoms with Crippen LogP contribution in [0.15, 0.2) is 54.6 Å². The molecule has 19 heavy (non-hydrogen) atoms. The van der Waals surface area contributed by atoms with E-state index in [0.29, 0.717) is 6.54 Å². The van der Waals surface area contributed by atoms with E-state index >= 15 is 0 Å². The van der Waals surface area contributed by atoms with Gasteiger partial charge in [0.1, 0.15) is 0 Å². The van der Waals surface area contributed by atoms with Gasteiger partial charge in [-0.05, 0) is 43.1 Å². The first-order chi connectivity index (χ1) is 9.36. The summed E-state index contributed by atoms with van der Waals surface area (Å²) >= 11 is 0. The molecular weight excluding hydrogens is 236 g/mol. The van der Waals surface area contributed by atoms with Crippen LogP contribution >= 0.6 is 0 Å². The van der Waals surface area contributed by atoms with Crippen LogP contribution in [0, 0.1) is 0 Å². The number of anilines is 2. The molecule has 0 heterocycles. The zero-order valence-electron chi connectivity index (χ0n) is 10.8. The highest BCUT2D eigenvalue weighted by molar-refractivity contribution is 5.87. The smallest absolute Gasteiger partial charge is 0.218 e. The van der Waals surface area contributed by atoms with Crippen LogP contribution in [0.25, 0.3) is 0 Å². The highest BCUT2D eigenvalue weighted by Gasteiger charge is 2.11. The second-order valence-corrected chi connectivity index (χ2v) is 4.33. The van der Waals surface area contributed by atoms with E-state index in [4.69, 9.17) is 5.73 Å². The minimum atomic E-state index is 0.654. The van der Waals surface area contributed by atoms with E-state index in [1.165, 1.54) is 0 Å². The molecule has 0 bridgehead atoms. The van der Waals surface area contributed by atoms with Gasteiger partial charge in [-0.15, -0.1) is 0 Å². The lowest BCUT2D eigenvalue weighted by Crippen LogP contribution is -2.16. The van der Waals surface area contributed by atoms with Gasteiger partial charge in [-0.2, -0.15) is 0 Å². The zero-order chi connectivity index (χ0) is 13.5. The van der Waals surface area contributed by atoms with E-state index in [-0.39, 0.29) is 0 Å². The van der Waals surface area contributed by atoms with E-state index in [0.717, 1.165) is 36.2 Å². The van der Waals surface area contributed by atoms with E-state index in [1.54, 1.807) is 4.90 Å². The Balaban J connectivity index is 2.35. The SMILES string of the molecule is NCCCc1ccccc1N(C=O)c1ccccc1. The number of nitrogens with two attached hydrogens (primary N) is 1. The van der Waals surface area contributed by atoms with Crippen molar-refractivity contribution < 1.29 is 4.79 Å². The highest BCUT2D eigenvalue weighted by atomic mass is 16.1. The quantitative estimate of drug-likeness (QED) is 0.806. The molecule has 1 amide bonds. The fourth-order valence-electron chi connectivity index (χ4n) is 2.10. The number of hydrogen-bond donors (Lipinski definition) is 1. The molecule has 0 aliphatic rings. The monoisotopic (exact) mass is 254 g/mol. The Morgan fingerprint density at radius 1 is 1.00 bits per heavy atom. The van der Waals surface area contributed by atoms with Crippen molar-refractivity contribution in [1.29, 1.82) is 0 Å². The summed E-state index contributed by atoms with van der Waals surface area (Å²) in [5.41, 5.74) is 8.51. The van der Waals surface area contributed by atoms with Crippen molar-refractivity contribution in [3.63, 3.8) is 0 Å². The van der Waals surface area contributed by atoms with Crippen LogP contribution in [0.5, 0.6) is 0 Å². The highest BCUT2D eigenvalue weighted by Crippen LogP contribution is 2.27. The van der Waals surface area contributed by atoms with Crippen molar-refractivity contribution in [1.82, 2.24) is 0 Å². The van der Waals surface area contributed by atoms with E-state index < -0.39 is 0 Å². The largest absolute Gasteiger partial charge is 0.330 e. The molecule has 0 saturated heterocycles. The van der Waals surface area contributed by atoms with Gasteiger partial charge >= 0.3 is 0 Å². The average molecular weight is 254 g/mol. The first kappa shape index (κ1) is 13.3. The fraction of sp³-hybridized carbons (Fsp3) is 0.188. The lowest BCUT2D eigenvalue weighted by molar-refractivity contribution is -0.106. The molecule has 2 rings (SSSR count). The van der Waals surface area contributed by atoms with Gasteiger partial charge in [0.15, 0.2) is 0 Å². The molecule has 0 aliphatic carbocycles. The Morgan fingerprint density at radius 2 is 1.68 bits per heavy atom. The number of aryl methyl sites for hydroxylation is 1. The normalized spacial score (nSPS) is 10.2. The Hall–Kier alpha value is -2.13. The second-order valence-electron chi connectivity index (χ2n) is 4.33. The summed E-state index contributed by atoms with van der Waals surface area (Å²) in [4.78, 5) is 13.1. The van der Waals surface area contributed by atoms with Crippen molar-refractivity contribution in [3.8, 4) is 0 Å². The molecular formula is C16H18N2O. The second kappa shape index (κ2) is 6.71. The number of carbonyl (C=O) groups excluding carboxylic acids is 1. The molecule has 0 aliphatic heterocycles. The van der Waals surface area contributed by atoms with E-state index in [9.17, 15) is 4.79 Å². The maximum atomic E-state index is 11.4. The number of amides is 1. The number of benzene rings is 2. The third-order valence-electron chi connectivity index (χ3n) is 3.04. The van der Waals surface area contributed by atoms with Crippen LogP contribution in [0.1, 0.15) is 12.0 Å². The summed E-state index contributed by atoms with van der Waals surface area (Å²) < 4.78 is 0. The Bertz CT molecular complexity index is 525. The summed E-state index contributed by atoms with van der Waals surface area (Å²) in [7, 11) is 0.